The van der Waals surface area contributed by atoms with E-state index in [9.17, 15) is 23.3 Å². The van der Waals surface area contributed by atoms with Crippen LogP contribution >= 0.6 is 34.9 Å². The third-order valence-electron chi connectivity index (χ3n) is 3.82. The van der Waals surface area contributed by atoms with Gasteiger partial charge in [0.1, 0.15) is 4.88 Å². The largest absolute Gasteiger partial charge is 0.619 e. The summed E-state index contributed by atoms with van der Waals surface area (Å²) in [5, 5.41) is 14.1. The fourth-order valence-corrected chi connectivity index (χ4v) is 5.35. The molecule has 2 heterocycles. The van der Waals surface area contributed by atoms with Crippen LogP contribution in [0.3, 0.4) is 0 Å². The second-order valence-electron chi connectivity index (χ2n) is 5.80. The molecule has 0 spiro atoms. The summed E-state index contributed by atoms with van der Waals surface area (Å²) in [4.78, 5) is 29.4. The van der Waals surface area contributed by atoms with Gasteiger partial charge in [-0.1, -0.05) is 0 Å². The molecule has 0 radical (unpaired) electrons. The summed E-state index contributed by atoms with van der Waals surface area (Å²) in [6, 6.07) is 7.38. The van der Waals surface area contributed by atoms with Crippen LogP contribution in [0.5, 0.6) is 0 Å². The summed E-state index contributed by atoms with van der Waals surface area (Å²) in [6.07, 6.45) is 2.60. The van der Waals surface area contributed by atoms with E-state index in [4.69, 9.17) is 9.79 Å². The minimum absolute atomic E-state index is 0.0896. The Morgan fingerprint density at radius 1 is 1.36 bits per heavy atom. The highest BCUT2D eigenvalue weighted by molar-refractivity contribution is 9.10. The van der Waals surface area contributed by atoms with Crippen molar-refractivity contribution in [3.05, 3.63) is 68.4 Å². The number of thiophene rings is 1. The van der Waals surface area contributed by atoms with E-state index in [1.165, 1.54) is 36.7 Å². The molecular weight excluding hydrogens is 481 g/mol. The predicted molar refractivity (Wildman–Crippen MR) is 102 cm³/mol. The monoisotopic (exact) mass is 492 g/mol. The van der Waals surface area contributed by atoms with Crippen molar-refractivity contribution in [2.24, 2.45) is 0 Å². The zero-order valence-electron chi connectivity index (χ0n) is 13.8. The Morgan fingerprint density at radius 2 is 2.07 bits per heavy atom. The SMILES string of the molecule is O=C(NCc1ccc[n+]([O-])c1)c1ccc2sc(C(F)(F)P(=O)(O)O)c(Br)c2c1. The molecule has 0 fully saturated rings. The van der Waals surface area contributed by atoms with Crippen molar-refractivity contribution < 1.29 is 32.7 Å². The first kappa shape index (κ1) is 20.8. The highest BCUT2D eigenvalue weighted by Crippen LogP contribution is 2.62. The highest BCUT2D eigenvalue weighted by atomic mass is 79.9. The number of carbonyl (C=O) groups is 1. The van der Waals surface area contributed by atoms with Gasteiger partial charge in [-0.15, -0.1) is 11.3 Å². The third-order valence-corrected chi connectivity index (χ3v) is 7.25. The molecule has 0 aliphatic carbocycles. The van der Waals surface area contributed by atoms with Gasteiger partial charge >= 0.3 is 13.3 Å². The van der Waals surface area contributed by atoms with E-state index in [0.717, 1.165) is 0 Å². The van der Waals surface area contributed by atoms with Gasteiger partial charge in [-0.3, -0.25) is 9.36 Å². The molecule has 1 aromatic carbocycles. The molecule has 148 valence electrons. The number of rotatable bonds is 5. The number of nitrogens with one attached hydrogen (secondary N) is 1. The van der Waals surface area contributed by atoms with E-state index in [1.807, 2.05) is 0 Å². The lowest BCUT2D eigenvalue weighted by atomic mass is 10.1. The Bertz CT molecular complexity index is 1120. The van der Waals surface area contributed by atoms with Crippen molar-refractivity contribution in [1.82, 2.24) is 5.32 Å². The van der Waals surface area contributed by atoms with Crippen molar-refractivity contribution in [2.75, 3.05) is 0 Å². The molecule has 28 heavy (non-hydrogen) atoms. The van der Waals surface area contributed by atoms with Crippen LogP contribution in [-0.4, -0.2) is 15.7 Å². The summed E-state index contributed by atoms with van der Waals surface area (Å²) in [7, 11) is -5.71. The van der Waals surface area contributed by atoms with Crippen molar-refractivity contribution >= 4 is 50.9 Å². The normalized spacial score (nSPS) is 12.3. The van der Waals surface area contributed by atoms with E-state index in [-0.39, 0.29) is 22.0 Å². The van der Waals surface area contributed by atoms with Crippen LogP contribution in [0, 0.1) is 5.21 Å². The molecule has 0 saturated heterocycles. The van der Waals surface area contributed by atoms with Crippen LogP contribution in [0.1, 0.15) is 20.8 Å². The van der Waals surface area contributed by atoms with Crippen LogP contribution in [0.4, 0.5) is 8.78 Å². The third kappa shape index (κ3) is 3.94. The maximum absolute atomic E-state index is 14.1. The molecule has 0 unspecified atom stereocenters. The Kier molecular flexibility index (Phi) is 5.57. The van der Waals surface area contributed by atoms with E-state index in [2.05, 4.69) is 21.2 Å². The molecule has 0 bridgehead atoms. The first-order valence-corrected chi connectivity index (χ1v) is 10.8. The van der Waals surface area contributed by atoms with Gasteiger partial charge in [0.2, 0.25) is 0 Å². The molecule has 0 aliphatic heterocycles. The van der Waals surface area contributed by atoms with Gasteiger partial charge in [0.15, 0.2) is 12.4 Å². The molecular formula is C16H12BrF2N2O5PS. The summed E-state index contributed by atoms with van der Waals surface area (Å²) in [6.45, 7) is 0.0896. The van der Waals surface area contributed by atoms with Crippen molar-refractivity contribution in [3.8, 4) is 0 Å². The van der Waals surface area contributed by atoms with Gasteiger partial charge in [-0.05, 0) is 40.2 Å². The average molecular weight is 493 g/mol. The zero-order chi connectivity index (χ0) is 20.7. The number of hydrogen-bond acceptors (Lipinski definition) is 4. The maximum Gasteiger partial charge on any atom is 0.400 e. The summed E-state index contributed by atoms with van der Waals surface area (Å²) in [5.74, 6) is -0.496. The number of pyridine rings is 1. The fourth-order valence-electron chi connectivity index (χ4n) is 2.42. The highest BCUT2D eigenvalue weighted by Gasteiger charge is 2.53. The average Bonchev–Trinajstić information content (AvgIpc) is 2.95. The summed E-state index contributed by atoms with van der Waals surface area (Å²) in [5.41, 5.74) is -3.60. The molecule has 2 aromatic heterocycles. The van der Waals surface area contributed by atoms with Crippen molar-refractivity contribution in [1.29, 1.82) is 0 Å². The second kappa shape index (κ2) is 7.49. The molecule has 3 N–H and O–H groups in total. The Balaban J connectivity index is 1.89. The van der Waals surface area contributed by atoms with Crippen LogP contribution in [0.2, 0.25) is 0 Å². The number of alkyl halides is 2. The number of hydrogen-bond donors (Lipinski definition) is 3. The van der Waals surface area contributed by atoms with Crippen LogP contribution < -0.4 is 10.0 Å². The molecule has 12 heteroatoms. The van der Waals surface area contributed by atoms with Crippen molar-refractivity contribution in [3.63, 3.8) is 0 Å². The van der Waals surface area contributed by atoms with Gasteiger partial charge in [0.25, 0.3) is 5.91 Å². The van der Waals surface area contributed by atoms with E-state index >= 15 is 0 Å². The zero-order valence-corrected chi connectivity index (χ0v) is 17.1. The predicted octanol–water partition coefficient (Wildman–Crippen LogP) is 3.45. The Morgan fingerprint density at radius 3 is 2.71 bits per heavy atom. The van der Waals surface area contributed by atoms with Crippen molar-refractivity contribution in [2.45, 2.75) is 12.2 Å². The fraction of sp³-hybridized carbons (Fsp3) is 0.125. The number of amides is 1. The number of halogens is 3. The molecule has 0 aliphatic rings. The standard InChI is InChI=1S/C16H12BrF2N2O5PS/c17-13-11-6-10(15(22)20-7-9-2-1-5-21(23)8-9)3-4-12(11)28-14(13)16(18,19)27(24,25)26/h1-6,8H,7H2,(H,20,22)(H2,24,25,26). The van der Waals surface area contributed by atoms with Gasteiger partial charge in [0, 0.05) is 38.3 Å². The Labute approximate surface area is 169 Å². The van der Waals surface area contributed by atoms with E-state index in [1.54, 1.807) is 6.07 Å². The quantitative estimate of drug-likeness (QED) is 0.286. The van der Waals surface area contributed by atoms with E-state index < -0.39 is 24.0 Å². The topological polar surface area (TPSA) is 114 Å². The molecule has 1 amide bonds. The first-order valence-electron chi connectivity index (χ1n) is 7.62. The van der Waals surface area contributed by atoms with Crippen LogP contribution in [-0.2, 0) is 16.8 Å². The van der Waals surface area contributed by atoms with Gasteiger partial charge < -0.3 is 20.3 Å². The second-order valence-corrected chi connectivity index (χ2v) is 9.29. The Hall–Kier alpha value is -1.91. The summed E-state index contributed by atoms with van der Waals surface area (Å²) < 4.78 is 40.0. The minimum atomic E-state index is -5.71. The molecule has 0 atom stereocenters. The molecule has 3 rings (SSSR count). The lowest BCUT2D eigenvalue weighted by Gasteiger charge is -2.16. The van der Waals surface area contributed by atoms with E-state index in [0.29, 0.717) is 26.3 Å². The molecule has 0 saturated carbocycles. The number of nitrogens with zero attached hydrogens (tertiary/aromatic N) is 1. The van der Waals surface area contributed by atoms with Gasteiger partial charge in [-0.2, -0.15) is 13.5 Å². The van der Waals surface area contributed by atoms with Crippen LogP contribution in [0.25, 0.3) is 10.1 Å². The smallest absolute Gasteiger partial charge is 0.400 e. The van der Waals surface area contributed by atoms with Gasteiger partial charge in [0.05, 0.1) is 0 Å². The first-order chi connectivity index (χ1) is 13.0. The number of carbonyl (C=O) groups excluding carboxylic acids is 1. The summed E-state index contributed by atoms with van der Waals surface area (Å²) >= 11 is 3.50. The minimum Gasteiger partial charge on any atom is -0.619 e. The maximum atomic E-state index is 14.1. The molecule has 3 aromatic rings. The number of fused-ring (bicyclic) bond motifs is 1. The van der Waals surface area contributed by atoms with Crippen LogP contribution in [0.15, 0.2) is 47.2 Å². The van der Waals surface area contributed by atoms with Gasteiger partial charge in [-0.25, -0.2) is 0 Å². The number of benzene rings is 1. The lowest BCUT2D eigenvalue weighted by molar-refractivity contribution is -0.605. The molecule has 7 nitrogen and oxygen atoms in total. The lowest BCUT2D eigenvalue weighted by Crippen LogP contribution is -2.28. The number of aromatic nitrogens is 1.